The van der Waals surface area contributed by atoms with E-state index in [9.17, 15) is 4.39 Å². The summed E-state index contributed by atoms with van der Waals surface area (Å²) in [7, 11) is 0. The van der Waals surface area contributed by atoms with E-state index in [0.29, 0.717) is 6.54 Å². The summed E-state index contributed by atoms with van der Waals surface area (Å²) in [6.07, 6.45) is 6.12. The maximum Gasteiger partial charge on any atom is 0.126 e. The predicted octanol–water partition coefficient (Wildman–Crippen LogP) is 4.93. The van der Waals surface area contributed by atoms with E-state index in [2.05, 4.69) is 27.4 Å². The van der Waals surface area contributed by atoms with Crippen molar-refractivity contribution in [3.8, 4) is 22.3 Å². The van der Waals surface area contributed by atoms with Crippen LogP contribution in [0.25, 0.3) is 22.3 Å². The highest BCUT2D eigenvalue weighted by Gasteiger charge is 2.11. The minimum atomic E-state index is -0.261. The smallest absolute Gasteiger partial charge is 0.126 e. The van der Waals surface area contributed by atoms with E-state index >= 15 is 0 Å². The molecule has 2 aromatic heterocycles. The van der Waals surface area contributed by atoms with E-state index in [0.717, 1.165) is 34.5 Å². The lowest BCUT2D eigenvalue weighted by atomic mass is 9.97. The second-order valence-electron chi connectivity index (χ2n) is 7.19. The number of rotatable bonds is 7. The first-order chi connectivity index (χ1) is 14.7. The van der Waals surface area contributed by atoms with Crippen LogP contribution < -0.4 is 11.1 Å². The molecule has 0 saturated carbocycles. The monoisotopic (exact) mass is 398 g/mol. The number of nitrogens with two attached hydrogens (primary N) is 1. The molecule has 0 saturated heterocycles. The average molecular weight is 398 g/mol. The number of benzene rings is 2. The van der Waals surface area contributed by atoms with Crippen LogP contribution in [0.3, 0.4) is 0 Å². The number of nitrogens with zero attached hydrogens (tertiary/aromatic N) is 2. The standard InChI is InChI=1S/C25H23FN4/c26-21-8-6-19(7-9-21)24-17-30-25(15-23(24)20-10-12-28-13-11-20)29-16-22(27)14-18-4-2-1-3-5-18/h1-13,15,17,22H,14,16,27H2,(H,29,30)/t22-/m0/s1. The lowest BCUT2D eigenvalue weighted by Crippen LogP contribution is -2.31. The number of halogens is 1. The van der Waals surface area contributed by atoms with Crippen molar-refractivity contribution in [3.63, 3.8) is 0 Å². The molecular formula is C25H23FN4. The predicted molar refractivity (Wildman–Crippen MR) is 119 cm³/mol. The van der Waals surface area contributed by atoms with Crippen LogP contribution in [-0.4, -0.2) is 22.6 Å². The molecule has 0 unspecified atom stereocenters. The Morgan fingerprint density at radius 1 is 0.867 bits per heavy atom. The van der Waals surface area contributed by atoms with Crippen molar-refractivity contribution in [1.29, 1.82) is 0 Å². The third kappa shape index (κ3) is 4.88. The Hall–Kier alpha value is -3.57. The Bertz CT molecular complexity index is 1080. The highest BCUT2D eigenvalue weighted by atomic mass is 19.1. The fraction of sp³-hybridized carbons (Fsp3) is 0.120. The molecule has 0 aliphatic heterocycles. The van der Waals surface area contributed by atoms with Gasteiger partial charge in [-0.15, -0.1) is 0 Å². The lowest BCUT2D eigenvalue weighted by Gasteiger charge is -2.16. The third-order valence-electron chi connectivity index (χ3n) is 4.94. The van der Waals surface area contributed by atoms with Gasteiger partial charge in [0.1, 0.15) is 11.6 Å². The van der Waals surface area contributed by atoms with Gasteiger partial charge < -0.3 is 11.1 Å². The molecule has 2 aromatic carbocycles. The number of pyridine rings is 2. The summed E-state index contributed by atoms with van der Waals surface area (Å²) in [5.74, 6) is 0.485. The number of anilines is 1. The third-order valence-corrected chi connectivity index (χ3v) is 4.94. The van der Waals surface area contributed by atoms with E-state index in [-0.39, 0.29) is 11.9 Å². The Labute approximate surface area is 175 Å². The van der Waals surface area contributed by atoms with Crippen molar-refractivity contribution in [1.82, 2.24) is 9.97 Å². The number of hydrogen-bond acceptors (Lipinski definition) is 4. The summed E-state index contributed by atoms with van der Waals surface area (Å²) in [6.45, 7) is 0.605. The largest absolute Gasteiger partial charge is 0.368 e. The highest BCUT2D eigenvalue weighted by Crippen LogP contribution is 2.33. The summed E-state index contributed by atoms with van der Waals surface area (Å²) >= 11 is 0. The summed E-state index contributed by atoms with van der Waals surface area (Å²) in [5, 5.41) is 3.35. The average Bonchev–Trinajstić information content (AvgIpc) is 2.79. The highest BCUT2D eigenvalue weighted by molar-refractivity contribution is 5.84. The zero-order valence-electron chi connectivity index (χ0n) is 16.5. The molecule has 0 aliphatic carbocycles. The van der Waals surface area contributed by atoms with Gasteiger partial charge in [0.2, 0.25) is 0 Å². The normalized spacial score (nSPS) is 11.8. The molecule has 4 nitrogen and oxygen atoms in total. The molecule has 0 amide bonds. The number of hydrogen-bond donors (Lipinski definition) is 2. The molecule has 150 valence electrons. The van der Waals surface area contributed by atoms with Gasteiger partial charge in [0.25, 0.3) is 0 Å². The van der Waals surface area contributed by atoms with Gasteiger partial charge in [-0.3, -0.25) is 4.98 Å². The van der Waals surface area contributed by atoms with E-state index < -0.39 is 0 Å². The van der Waals surface area contributed by atoms with Gasteiger partial charge in [0.05, 0.1) is 0 Å². The molecule has 1 atom stereocenters. The fourth-order valence-electron chi connectivity index (χ4n) is 3.41. The number of aromatic nitrogens is 2. The quantitative estimate of drug-likeness (QED) is 0.463. The van der Waals surface area contributed by atoms with Gasteiger partial charge in [0.15, 0.2) is 0 Å². The zero-order valence-corrected chi connectivity index (χ0v) is 16.5. The molecule has 0 aliphatic rings. The molecule has 0 spiro atoms. The van der Waals surface area contributed by atoms with Crippen LogP contribution in [0.1, 0.15) is 5.56 Å². The minimum absolute atomic E-state index is 0.0321. The van der Waals surface area contributed by atoms with Crippen molar-refractivity contribution in [2.45, 2.75) is 12.5 Å². The van der Waals surface area contributed by atoms with Crippen LogP contribution in [0.15, 0.2) is 91.4 Å². The van der Waals surface area contributed by atoms with Crippen LogP contribution >= 0.6 is 0 Å². The van der Waals surface area contributed by atoms with E-state index in [1.807, 2.05) is 42.6 Å². The maximum atomic E-state index is 13.4. The van der Waals surface area contributed by atoms with E-state index in [1.165, 1.54) is 17.7 Å². The molecule has 5 heteroatoms. The van der Waals surface area contributed by atoms with Crippen LogP contribution in [-0.2, 0) is 6.42 Å². The van der Waals surface area contributed by atoms with Crippen molar-refractivity contribution in [2.24, 2.45) is 5.73 Å². The van der Waals surface area contributed by atoms with Crippen molar-refractivity contribution in [3.05, 3.63) is 103 Å². The van der Waals surface area contributed by atoms with E-state index in [1.54, 1.807) is 24.5 Å². The molecule has 4 rings (SSSR count). The van der Waals surface area contributed by atoms with Gasteiger partial charge in [0, 0.05) is 36.7 Å². The second kappa shape index (κ2) is 9.29. The molecule has 0 bridgehead atoms. The molecule has 3 N–H and O–H groups in total. The second-order valence-corrected chi connectivity index (χ2v) is 7.19. The van der Waals surface area contributed by atoms with Gasteiger partial charge in [-0.05, 0) is 59.0 Å². The SMILES string of the molecule is N[C@H](CNc1cc(-c2ccncc2)c(-c2ccc(F)cc2)cn1)Cc1ccccc1. The summed E-state index contributed by atoms with van der Waals surface area (Å²) in [5.41, 5.74) is 11.4. The molecule has 2 heterocycles. The van der Waals surface area contributed by atoms with E-state index in [4.69, 9.17) is 5.73 Å². The molecule has 4 aromatic rings. The molecule has 0 radical (unpaired) electrons. The molecular weight excluding hydrogens is 375 g/mol. The summed E-state index contributed by atoms with van der Waals surface area (Å²) in [6, 6.07) is 22.5. The van der Waals surface area contributed by atoms with Gasteiger partial charge >= 0.3 is 0 Å². The fourth-order valence-corrected chi connectivity index (χ4v) is 3.41. The maximum absolute atomic E-state index is 13.4. The summed E-state index contributed by atoms with van der Waals surface area (Å²) in [4.78, 5) is 8.68. The lowest BCUT2D eigenvalue weighted by molar-refractivity contribution is 0.628. The Morgan fingerprint density at radius 2 is 1.57 bits per heavy atom. The van der Waals surface area contributed by atoms with Crippen molar-refractivity contribution >= 4 is 5.82 Å². The van der Waals surface area contributed by atoms with Gasteiger partial charge in [-0.1, -0.05) is 42.5 Å². The van der Waals surface area contributed by atoms with Crippen LogP contribution in [0.5, 0.6) is 0 Å². The van der Waals surface area contributed by atoms with Crippen LogP contribution in [0.4, 0.5) is 10.2 Å². The Balaban J connectivity index is 1.57. The molecule has 0 fully saturated rings. The van der Waals surface area contributed by atoms with Gasteiger partial charge in [-0.25, -0.2) is 9.37 Å². The van der Waals surface area contributed by atoms with Gasteiger partial charge in [-0.2, -0.15) is 0 Å². The number of nitrogens with one attached hydrogen (secondary N) is 1. The van der Waals surface area contributed by atoms with Crippen molar-refractivity contribution in [2.75, 3.05) is 11.9 Å². The topological polar surface area (TPSA) is 63.8 Å². The zero-order chi connectivity index (χ0) is 20.8. The first-order valence-corrected chi connectivity index (χ1v) is 9.89. The summed E-state index contributed by atoms with van der Waals surface area (Å²) < 4.78 is 13.4. The molecule has 30 heavy (non-hydrogen) atoms. The first-order valence-electron chi connectivity index (χ1n) is 9.89. The Morgan fingerprint density at radius 3 is 2.30 bits per heavy atom. The Kier molecular flexibility index (Phi) is 6.11. The minimum Gasteiger partial charge on any atom is -0.368 e. The van der Waals surface area contributed by atoms with Crippen molar-refractivity contribution < 1.29 is 4.39 Å². The van der Waals surface area contributed by atoms with Crippen LogP contribution in [0.2, 0.25) is 0 Å². The first kappa shape index (κ1) is 19.7. The van der Waals surface area contributed by atoms with Crippen LogP contribution in [0, 0.1) is 5.82 Å².